The van der Waals surface area contributed by atoms with Crippen LogP contribution in [0, 0.1) is 6.92 Å². The zero-order valence-corrected chi connectivity index (χ0v) is 11.4. The largest absolute Gasteiger partial charge is 0.497 e. The highest BCUT2D eigenvalue weighted by atomic mass is 16.5. The molecule has 0 aliphatic rings. The summed E-state index contributed by atoms with van der Waals surface area (Å²) in [7, 11) is 1.65. The molecule has 0 bridgehead atoms. The summed E-state index contributed by atoms with van der Waals surface area (Å²) >= 11 is 0. The topological polar surface area (TPSA) is 73.1 Å². The minimum atomic E-state index is 0.473. The van der Waals surface area contributed by atoms with Gasteiger partial charge in [0, 0.05) is 18.2 Å². The van der Waals surface area contributed by atoms with Crippen molar-refractivity contribution in [2.24, 2.45) is 0 Å². The molecule has 100 valence electrons. The van der Waals surface area contributed by atoms with E-state index in [1.807, 2.05) is 32.0 Å². The molecule has 0 radical (unpaired) electrons. The summed E-state index contributed by atoms with van der Waals surface area (Å²) in [6.45, 7) is 4.01. The van der Waals surface area contributed by atoms with Gasteiger partial charge in [0.05, 0.1) is 7.11 Å². The number of hydrogen-bond acceptors (Lipinski definition) is 5. The summed E-state index contributed by atoms with van der Waals surface area (Å²) in [5.74, 6) is 2.74. The Morgan fingerprint density at radius 2 is 2.05 bits per heavy atom. The van der Waals surface area contributed by atoms with E-state index in [4.69, 9.17) is 10.5 Å². The second kappa shape index (κ2) is 5.56. The van der Waals surface area contributed by atoms with Gasteiger partial charge in [0.15, 0.2) is 0 Å². The molecule has 0 fully saturated rings. The van der Waals surface area contributed by atoms with E-state index in [0.717, 1.165) is 29.2 Å². The number of nitrogens with zero attached hydrogens (tertiary/aromatic N) is 2. The summed E-state index contributed by atoms with van der Waals surface area (Å²) in [6.07, 6.45) is 0.751. The molecule has 0 saturated heterocycles. The minimum absolute atomic E-state index is 0.473. The number of benzene rings is 1. The average molecular weight is 258 g/mol. The Kier molecular flexibility index (Phi) is 3.85. The molecule has 2 rings (SSSR count). The van der Waals surface area contributed by atoms with Crippen LogP contribution in [0.3, 0.4) is 0 Å². The van der Waals surface area contributed by atoms with Crippen molar-refractivity contribution in [3.05, 3.63) is 35.7 Å². The molecule has 0 atom stereocenters. The van der Waals surface area contributed by atoms with Crippen LogP contribution in [0.1, 0.15) is 18.3 Å². The van der Waals surface area contributed by atoms with E-state index in [1.165, 1.54) is 0 Å². The molecule has 0 spiro atoms. The molecule has 1 aromatic carbocycles. The number of methoxy groups -OCH3 is 1. The summed E-state index contributed by atoms with van der Waals surface area (Å²) in [6, 6.07) is 7.55. The first-order valence-corrected chi connectivity index (χ1v) is 6.17. The van der Waals surface area contributed by atoms with Gasteiger partial charge in [-0.3, -0.25) is 0 Å². The molecule has 5 nitrogen and oxygen atoms in total. The lowest BCUT2D eigenvalue weighted by molar-refractivity contribution is 0.414. The second-order valence-electron chi connectivity index (χ2n) is 4.25. The molecule has 1 aromatic heterocycles. The van der Waals surface area contributed by atoms with Crippen molar-refractivity contribution in [2.75, 3.05) is 18.2 Å². The summed E-state index contributed by atoms with van der Waals surface area (Å²) in [5.41, 5.74) is 7.81. The van der Waals surface area contributed by atoms with Gasteiger partial charge in [-0.2, -0.15) is 0 Å². The van der Waals surface area contributed by atoms with Crippen LogP contribution < -0.4 is 15.8 Å². The highest BCUT2D eigenvalue weighted by Gasteiger charge is 2.04. The van der Waals surface area contributed by atoms with Crippen LogP contribution in [0.15, 0.2) is 24.3 Å². The molecular formula is C14H18N4O. The monoisotopic (exact) mass is 258 g/mol. The van der Waals surface area contributed by atoms with Crippen LogP contribution in [0.4, 0.5) is 17.3 Å². The lowest BCUT2D eigenvalue weighted by Gasteiger charge is -2.11. The van der Waals surface area contributed by atoms with E-state index < -0.39 is 0 Å². The molecule has 5 heteroatoms. The van der Waals surface area contributed by atoms with Gasteiger partial charge in [0.25, 0.3) is 0 Å². The predicted octanol–water partition coefficient (Wildman–Crippen LogP) is 2.68. The number of nitrogens with two attached hydrogens (primary N) is 1. The number of hydrogen-bond donors (Lipinski definition) is 2. The maximum Gasteiger partial charge on any atom is 0.136 e. The van der Waals surface area contributed by atoms with E-state index in [-0.39, 0.29) is 0 Å². The van der Waals surface area contributed by atoms with Crippen molar-refractivity contribution in [1.82, 2.24) is 9.97 Å². The van der Waals surface area contributed by atoms with Crippen molar-refractivity contribution >= 4 is 17.3 Å². The number of ether oxygens (including phenoxy) is 1. The van der Waals surface area contributed by atoms with Crippen LogP contribution >= 0.6 is 0 Å². The fourth-order valence-electron chi connectivity index (χ4n) is 1.78. The van der Waals surface area contributed by atoms with Crippen molar-refractivity contribution in [3.63, 3.8) is 0 Å². The van der Waals surface area contributed by atoms with E-state index >= 15 is 0 Å². The molecular weight excluding hydrogens is 240 g/mol. The Labute approximate surface area is 112 Å². The van der Waals surface area contributed by atoms with Gasteiger partial charge in [-0.25, -0.2) is 9.97 Å². The number of nitrogens with one attached hydrogen (secondary N) is 1. The van der Waals surface area contributed by atoms with Gasteiger partial charge >= 0.3 is 0 Å². The second-order valence-corrected chi connectivity index (χ2v) is 4.25. The molecule has 3 N–H and O–H groups in total. The summed E-state index contributed by atoms with van der Waals surface area (Å²) in [4.78, 5) is 8.55. The number of aromatic nitrogens is 2. The van der Waals surface area contributed by atoms with Crippen LogP contribution in [-0.4, -0.2) is 17.1 Å². The molecule has 0 saturated carbocycles. The minimum Gasteiger partial charge on any atom is -0.497 e. The smallest absolute Gasteiger partial charge is 0.136 e. The summed E-state index contributed by atoms with van der Waals surface area (Å²) < 4.78 is 5.18. The number of rotatable bonds is 4. The zero-order chi connectivity index (χ0) is 13.8. The van der Waals surface area contributed by atoms with Gasteiger partial charge < -0.3 is 15.8 Å². The first kappa shape index (κ1) is 13.1. The fourth-order valence-corrected chi connectivity index (χ4v) is 1.78. The van der Waals surface area contributed by atoms with Gasteiger partial charge in [-0.1, -0.05) is 6.92 Å². The Morgan fingerprint density at radius 1 is 1.26 bits per heavy atom. The fraction of sp³-hybridized carbons (Fsp3) is 0.286. The average Bonchev–Trinajstić information content (AvgIpc) is 2.40. The van der Waals surface area contributed by atoms with E-state index in [1.54, 1.807) is 13.2 Å². The SMILES string of the molecule is CCc1nc(N)cc(Nc2ccc(OC)cc2C)n1. The first-order chi connectivity index (χ1) is 9.12. The highest BCUT2D eigenvalue weighted by molar-refractivity contribution is 5.63. The Morgan fingerprint density at radius 3 is 2.68 bits per heavy atom. The van der Waals surface area contributed by atoms with Crippen molar-refractivity contribution in [2.45, 2.75) is 20.3 Å². The maximum absolute atomic E-state index is 5.76. The first-order valence-electron chi connectivity index (χ1n) is 6.17. The number of anilines is 3. The Hall–Kier alpha value is -2.30. The van der Waals surface area contributed by atoms with Crippen LogP contribution in [-0.2, 0) is 6.42 Å². The Balaban J connectivity index is 2.28. The molecule has 0 unspecified atom stereocenters. The molecule has 1 heterocycles. The zero-order valence-electron chi connectivity index (χ0n) is 11.4. The van der Waals surface area contributed by atoms with Crippen molar-refractivity contribution < 1.29 is 4.74 Å². The van der Waals surface area contributed by atoms with Gasteiger partial charge in [0.2, 0.25) is 0 Å². The van der Waals surface area contributed by atoms with Crippen molar-refractivity contribution in [3.8, 4) is 5.75 Å². The van der Waals surface area contributed by atoms with E-state index in [9.17, 15) is 0 Å². The van der Waals surface area contributed by atoms with Crippen LogP contribution in [0.2, 0.25) is 0 Å². The number of nitrogen functional groups attached to an aromatic ring is 1. The molecule has 0 amide bonds. The van der Waals surface area contributed by atoms with Crippen LogP contribution in [0.5, 0.6) is 5.75 Å². The molecule has 0 aliphatic heterocycles. The lowest BCUT2D eigenvalue weighted by Crippen LogP contribution is -2.03. The van der Waals surface area contributed by atoms with E-state index in [0.29, 0.717) is 11.6 Å². The van der Waals surface area contributed by atoms with Gasteiger partial charge in [-0.05, 0) is 30.7 Å². The number of aryl methyl sites for hydroxylation is 2. The molecule has 0 aliphatic carbocycles. The normalized spacial score (nSPS) is 10.3. The van der Waals surface area contributed by atoms with Gasteiger partial charge in [0.1, 0.15) is 23.2 Å². The maximum atomic E-state index is 5.76. The summed E-state index contributed by atoms with van der Waals surface area (Å²) in [5, 5.41) is 3.25. The van der Waals surface area contributed by atoms with Crippen LogP contribution in [0.25, 0.3) is 0 Å². The third-order valence-electron chi connectivity index (χ3n) is 2.80. The highest BCUT2D eigenvalue weighted by Crippen LogP contribution is 2.24. The molecule has 2 aromatic rings. The third-order valence-corrected chi connectivity index (χ3v) is 2.80. The standard InChI is InChI=1S/C14H18N4O/c1-4-13-17-12(15)8-14(18-13)16-11-6-5-10(19-3)7-9(11)2/h5-8H,4H2,1-3H3,(H3,15,16,17,18). The Bertz CT molecular complexity index is 584. The van der Waals surface area contributed by atoms with Crippen molar-refractivity contribution in [1.29, 1.82) is 0 Å². The predicted molar refractivity (Wildman–Crippen MR) is 76.8 cm³/mol. The van der Waals surface area contributed by atoms with Gasteiger partial charge in [-0.15, -0.1) is 0 Å². The quantitative estimate of drug-likeness (QED) is 0.882. The third kappa shape index (κ3) is 3.13. The molecule has 19 heavy (non-hydrogen) atoms. The van der Waals surface area contributed by atoms with E-state index in [2.05, 4.69) is 15.3 Å². The lowest BCUT2D eigenvalue weighted by atomic mass is 10.2.